The van der Waals surface area contributed by atoms with E-state index < -0.39 is 23.1 Å². The van der Waals surface area contributed by atoms with E-state index in [2.05, 4.69) is 15.4 Å². The molecule has 1 aliphatic heterocycles. The maximum Gasteiger partial charge on any atom is 0.410 e. The number of hydrogen-bond donors (Lipinski definition) is 1. The Balaban J connectivity index is 1.11. The molecule has 14 heteroatoms. The van der Waals surface area contributed by atoms with Crippen LogP contribution < -0.4 is 24.3 Å². The number of carbonyl (C=O) groups is 2. The Bertz CT molecular complexity index is 2070. The van der Waals surface area contributed by atoms with Gasteiger partial charge in [-0.1, -0.05) is 0 Å². The zero-order valence-electron chi connectivity index (χ0n) is 29.4. The number of carbonyl (C=O) groups excluding carboxylic acids is 2. The van der Waals surface area contributed by atoms with Crippen molar-refractivity contribution in [3.8, 4) is 34.4 Å². The zero-order valence-corrected chi connectivity index (χ0v) is 29.4. The molecule has 0 unspecified atom stereocenters. The smallest absolute Gasteiger partial charge is 0.410 e. The summed E-state index contributed by atoms with van der Waals surface area (Å²) in [6.07, 6.45) is 4.28. The van der Waals surface area contributed by atoms with E-state index in [1.54, 1.807) is 29.3 Å². The summed E-state index contributed by atoms with van der Waals surface area (Å²) in [5.74, 6) is -0.161. The van der Waals surface area contributed by atoms with Crippen LogP contribution >= 0.6 is 0 Å². The van der Waals surface area contributed by atoms with Crippen molar-refractivity contribution in [1.29, 1.82) is 0 Å². The van der Waals surface area contributed by atoms with Crippen LogP contribution in [-0.4, -0.2) is 71.2 Å². The number of likely N-dealkylation sites (tertiary alicyclic amines) is 1. The Morgan fingerprint density at radius 1 is 0.885 bits per heavy atom. The van der Waals surface area contributed by atoms with E-state index in [9.17, 15) is 14.0 Å². The summed E-state index contributed by atoms with van der Waals surface area (Å²) >= 11 is 0. The molecule has 272 valence electrons. The number of halogens is 2. The number of anilines is 1. The predicted octanol–water partition coefficient (Wildman–Crippen LogP) is 7.79. The van der Waals surface area contributed by atoms with Gasteiger partial charge >= 0.3 is 6.09 Å². The van der Waals surface area contributed by atoms with Gasteiger partial charge in [-0.25, -0.2) is 18.3 Å². The molecule has 0 radical (unpaired) electrons. The molecule has 1 N–H and O–H groups in total. The van der Waals surface area contributed by atoms with Gasteiger partial charge in [0, 0.05) is 42.5 Å². The van der Waals surface area contributed by atoms with E-state index in [0.717, 1.165) is 18.9 Å². The molecular formula is C38H39F2N5O7. The number of piperidine rings is 1. The molecule has 1 fully saturated rings. The summed E-state index contributed by atoms with van der Waals surface area (Å²) < 4.78 is 58.7. The van der Waals surface area contributed by atoms with Crippen molar-refractivity contribution in [2.24, 2.45) is 5.92 Å². The molecule has 12 nitrogen and oxygen atoms in total. The van der Waals surface area contributed by atoms with Crippen LogP contribution in [0.2, 0.25) is 0 Å². The fraction of sp³-hybridized carbons (Fsp3) is 0.316. The molecule has 3 aromatic carbocycles. The Labute approximate surface area is 299 Å². The number of nitrogens with one attached hydrogen (secondary N) is 1. The largest absolute Gasteiger partial charge is 0.493 e. The van der Waals surface area contributed by atoms with E-state index in [-0.39, 0.29) is 34.9 Å². The summed E-state index contributed by atoms with van der Waals surface area (Å²) in [5, 5.41) is 7.47. The number of rotatable bonds is 10. The Hall–Kier alpha value is -5.92. The van der Waals surface area contributed by atoms with Crippen LogP contribution in [0, 0.1) is 17.6 Å². The molecule has 0 bridgehead atoms. The standard InChI is InChI=1S/C38H39F2N5O7/c1-38(2,3)52-37(47)44-16-13-23(14-17-44)22-50-33-20-29-27(19-32(33)48-4)30(12-15-41-29)51-31-11-8-25(18-28(31)40)42-36(46)35-34(49-5)21-45(43-35)26-9-6-24(39)7-10-26/h6-12,15,18-21,23H,13-14,16-17,22H2,1-5H3,(H,42,46). The average Bonchev–Trinajstić information content (AvgIpc) is 3.56. The minimum Gasteiger partial charge on any atom is -0.493 e. The highest BCUT2D eigenvalue weighted by atomic mass is 19.1. The van der Waals surface area contributed by atoms with Gasteiger partial charge in [0.05, 0.1) is 38.2 Å². The van der Waals surface area contributed by atoms with Gasteiger partial charge in [-0.15, -0.1) is 0 Å². The molecule has 0 atom stereocenters. The van der Waals surface area contributed by atoms with Crippen molar-refractivity contribution >= 4 is 28.6 Å². The molecule has 52 heavy (non-hydrogen) atoms. The minimum absolute atomic E-state index is 0.0447. The van der Waals surface area contributed by atoms with Crippen LogP contribution in [0.15, 0.2) is 73.1 Å². The van der Waals surface area contributed by atoms with E-state index >= 15 is 4.39 Å². The second kappa shape index (κ2) is 15.1. The summed E-state index contributed by atoms with van der Waals surface area (Å²) in [6.45, 7) is 7.15. The van der Waals surface area contributed by atoms with Gasteiger partial charge in [-0.2, -0.15) is 5.10 Å². The topological polar surface area (TPSA) is 126 Å². The summed E-state index contributed by atoms with van der Waals surface area (Å²) in [5.41, 5.74) is 0.637. The Kier molecular flexibility index (Phi) is 10.4. The summed E-state index contributed by atoms with van der Waals surface area (Å²) in [6, 6.07) is 14.7. The van der Waals surface area contributed by atoms with Crippen molar-refractivity contribution in [3.63, 3.8) is 0 Å². The number of methoxy groups -OCH3 is 2. The lowest BCUT2D eigenvalue weighted by Crippen LogP contribution is -2.42. The lowest BCUT2D eigenvalue weighted by atomic mass is 9.98. The first-order valence-corrected chi connectivity index (χ1v) is 16.7. The maximum atomic E-state index is 15.4. The SMILES string of the molecule is COc1cc2c(Oc3ccc(NC(=O)c4nn(-c5ccc(F)cc5)cc4OC)cc3F)ccnc2cc1OCC1CCN(C(=O)OC(C)(C)C)CC1. The van der Waals surface area contributed by atoms with E-state index in [0.29, 0.717) is 53.5 Å². The summed E-state index contributed by atoms with van der Waals surface area (Å²) in [7, 11) is 2.92. The van der Waals surface area contributed by atoms with Crippen LogP contribution in [0.3, 0.4) is 0 Å². The lowest BCUT2D eigenvalue weighted by molar-refractivity contribution is 0.0164. The van der Waals surface area contributed by atoms with Gasteiger partial charge < -0.3 is 33.9 Å². The quantitative estimate of drug-likeness (QED) is 0.154. The molecule has 5 aromatic rings. The van der Waals surface area contributed by atoms with E-state index in [1.165, 1.54) is 61.5 Å². The highest BCUT2D eigenvalue weighted by molar-refractivity contribution is 6.04. The normalized spacial score (nSPS) is 13.5. The Morgan fingerprint density at radius 3 is 2.29 bits per heavy atom. The van der Waals surface area contributed by atoms with Crippen molar-refractivity contribution in [2.45, 2.75) is 39.2 Å². The molecule has 1 aliphatic rings. The number of fused-ring (bicyclic) bond motifs is 1. The van der Waals surface area contributed by atoms with Crippen LogP contribution in [0.1, 0.15) is 44.1 Å². The minimum atomic E-state index is -0.726. The van der Waals surface area contributed by atoms with Gasteiger partial charge in [-0.3, -0.25) is 9.78 Å². The number of ether oxygens (including phenoxy) is 5. The monoisotopic (exact) mass is 715 g/mol. The van der Waals surface area contributed by atoms with Crippen LogP contribution in [0.25, 0.3) is 16.6 Å². The fourth-order valence-electron chi connectivity index (χ4n) is 5.67. The third-order valence-corrected chi connectivity index (χ3v) is 8.34. The van der Waals surface area contributed by atoms with Crippen LogP contribution in [0.4, 0.5) is 19.3 Å². The van der Waals surface area contributed by atoms with Crippen LogP contribution in [-0.2, 0) is 4.74 Å². The highest BCUT2D eigenvalue weighted by Crippen LogP contribution is 2.38. The average molecular weight is 716 g/mol. The van der Waals surface area contributed by atoms with Gasteiger partial charge in [0.25, 0.3) is 5.91 Å². The molecule has 0 spiro atoms. The molecule has 1 saturated heterocycles. The molecule has 6 rings (SSSR count). The molecule has 2 amide bonds. The number of aromatic nitrogens is 3. The number of pyridine rings is 1. The third kappa shape index (κ3) is 8.33. The first kappa shape index (κ1) is 35.9. The number of nitrogens with zero attached hydrogens (tertiary/aromatic N) is 4. The summed E-state index contributed by atoms with van der Waals surface area (Å²) in [4.78, 5) is 31.7. The van der Waals surface area contributed by atoms with Gasteiger partial charge in [-0.05, 0) is 88.1 Å². The molecular weight excluding hydrogens is 676 g/mol. The first-order valence-electron chi connectivity index (χ1n) is 16.7. The van der Waals surface area contributed by atoms with Gasteiger partial charge in [0.15, 0.2) is 34.5 Å². The first-order chi connectivity index (χ1) is 24.9. The van der Waals surface area contributed by atoms with Gasteiger partial charge in [0.2, 0.25) is 0 Å². The van der Waals surface area contributed by atoms with Crippen molar-refractivity contribution in [1.82, 2.24) is 19.7 Å². The molecule has 2 aromatic heterocycles. The molecule has 3 heterocycles. The van der Waals surface area contributed by atoms with Crippen LogP contribution in [0.5, 0.6) is 28.7 Å². The number of benzene rings is 3. The predicted molar refractivity (Wildman–Crippen MR) is 189 cm³/mol. The molecule has 0 aliphatic carbocycles. The second-order valence-corrected chi connectivity index (χ2v) is 13.2. The number of amides is 2. The fourth-order valence-corrected chi connectivity index (χ4v) is 5.67. The number of hydrogen-bond acceptors (Lipinski definition) is 9. The highest BCUT2D eigenvalue weighted by Gasteiger charge is 2.27. The Morgan fingerprint density at radius 2 is 1.62 bits per heavy atom. The zero-order chi connectivity index (χ0) is 37.0. The third-order valence-electron chi connectivity index (χ3n) is 8.34. The van der Waals surface area contributed by atoms with Crippen molar-refractivity contribution in [2.75, 3.05) is 39.2 Å². The maximum absolute atomic E-state index is 15.4. The second-order valence-electron chi connectivity index (χ2n) is 13.2. The van der Waals surface area contributed by atoms with Crippen molar-refractivity contribution in [3.05, 3.63) is 90.4 Å². The lowest BCUT2D eigenvalue weighted by Gasteiger charge is -2.33. The van der Waals surface area contributed by atoms with E-state index in [4.69, 9.17) is 23.7 Å². The molecule has 0 saturated carbocycles. The van der Waals surface area contributed by atoms with Crippen molar-refractivity contribution < 1.29 is 42.1 Å². The van der Waals surface area contributed by atoms with Gasteiger partial charge in [0.1, 0.15) is 17.2 Å². The van der Waals surface area contributed by atoms with E-state index in [1.807, 2.05) is 20.8 Å².